The summed E-state index contributed by atoms with van der Waals surface area (Å²) in [6.45, 7) is 1.79. The second-order valence-electron chi connectivity index (χ2n) is 4.79. The smallest absolute Gasteiger partial charge is 0.251 e. The Morgan fingerprint density at radius 2 is 2.14 bits per heavy atom. The van der Waals surface area contributed by atoms with Crippen LogP contribution >= 0.6 is 15.9 Å². The van der Waals surface area contributed by atoms with Gasteiger partial charge in [-0.2, -0.15) is 5.10 Å². The van der Waals surface area contributed by atoms with E-state index in [0.29, 0.717) is 5.95 Å². The number of imidazole rings is 1. The van der Waals surface area contributed by atoms with E-state index in [4.69, 9.17) is 0 Å². The van der Waals surface area contributed by atoms with Crippen molar-refractivity contribution in [2.24, 2.45) is 7.05 Å². The molecule has 0 saturated heterocycles. The first-order valence-electron chi connectivity index (χ1n) is 6.48. The Labute approximate surface area is 129 Å². The van der Waals surface area contributed by atoms with E-state index < -0.39 is 6.04 Å². The van der Waals surface area contributed by atoms with E-state index in [1.807, 2.05) is 35.9 Å². The number of carbonyl (C=O) groups is 1. The summed E-state index contributed by atoms with van der Waals surface area (Å²) in [5.41, 5.74) is 1.83. The van der Waals surface area contributed by atoms with Crippen molar-refractivity contribution < 1.29 is 4.79 Å². The molecular weight excluding hydrogens is 334 g/mol. The molecule has 0 spiro atoms. The minimum atomic E-state index is -0.420. The molecule has 6 nitrogen and oxygen atoms in total. The minimum absolute atomic E-state index is 0.163. The third kappa shape index (κ3) is 2.56. The summed E-state index contributed by atoms with van der Waals surface area (Å²) in [6.07, 6.45) is 3.41. The van der Waals surface area contributed by atoms with E-state index in [1.165, 1.54) is 0 Å². The van der Waals surface area contributed by atoms with E-state index in [-0.39, 0.29) is 5.91 Å². The molecule has 0 aliphatic rings. The van der Waals surface area contributed by atoms with Crippen molar-refractivity contribution >= 4 is 38.8 Å². The Morgan fingerprint density at radius 3 is 2.81 bits per heavy atom. The molecule has 21 heavy (non-hydrogen) atoms. The average molecular weight is 348 g/mol. The highest BCUT2D eigenvalue weighted by Gasteiger charge is 2.18. The topological polar surface area (TPSA) is 64.7 Å². The van der Waals surface area contributed by atoms with Crippen molar-refractivity contribution in [1.82, 2.24) is 19.3 Å². The molecule has 0 bridgehead atoms. The lowest BCUT2D eigenvalue weighted by Gasteiger charge is -2.12. The molecule has 1 unspecified atom stereocenters. The van der Waals surface area contributed by atoms with Crippen molar-refractivity contribution in [1.29, 1.82) is 0 Å². The lowest BCUT2D eigenvalue weighted by Crippen LogP contribution is -2.25. The van der Waals surface area contributed by atoms with Crippen LogP contribution in [0.15, 0.2) is 41.1 Å². The van der Waals surface area contributed by atoms with Crippen molar-refractivity contribution in [3.8, 4) is 0 Å². The average Bonchev–Trinajstić information content (AvgIpc) is 3.04. The number of amides is 1. The van der Waals surface area contributed by atoms with E-state index in [9.17, 15) is 4.79 Å². The van der Waals surface area contributed by atoms with Gasteiger partial charge in [0.05, 0.1) is 21.7 Å². The highest BCUT2D eigenvalue weighted by molar-refractivity contribution is 9.10. The minimum Gasteiger partial charge on any atom is -0.313 e. The number of aryl methyl sites for hydroxylation is 1. The number of fused-ring (bicyclic) bond motifs is 1. The van der Waals surface area contributed by atoms with Crippen LogP contribution in [0.2, 0.25) is 0 Å². The Hall–Kier alpha value is -2.15. The molecule has 7 heteroatoms. The Kier molecular flexibility index (Phi) is 3.50. The summed E-state index contributed by atoms with van der Waals surface area (Å²) in [5, 5.41) is 6.97. The molecule has 2 heterocycles. The highest BCUT2D eigenvalue weighted by atomic mass is 79.9. The SMILES string of the molecule is CC(C(=O)Nc1nc2ccccc2n1C)n1cc(Br)cn1. The number of para-hydroxylation sites is 2. The van der Waals surface area contributed by atoms with Crippen LogP contribution in [0.3, 0.4) is 0 Å². The van der Waals surface area contributed by atoms with Crippen molar-refractivity contribution in [2.45, 2.75) is 13.0 Å². The zero-order valence-corrected chi connectivity index (χ0v) is 13.2. The zero-order valence-electron chi connectivity index (χ0n) is 11.6. The number of anilines is 1. The maximum atomic E-state index is 12.3. The standard InChI is InChI=1S/C14H14BrN5O/c1-9(20-8-10(15)7-16-20)13(21)18-14-17-11-5-3-4-6-12(11)19(14)2/h3-9H,1-2H3,(H,17,18,21). The van der Waals surface area contributed by atoms with Gasteiger partial charge in [-0.15, -0.1) is 0 Å². The van der Waals surface area contributed by atoms with Gasteiger partial charge in [-0.1, -0.05) is 12.1 Å². The summed E-state index contributed by atoms with van der Waals surface area (Å²) in [7, 11) is 1.88. The fourth-order valence-electron chi connectivity index (χ4n) is 2.12. The molecular formula is C14H14BrN5O. The van der Waals surface area contributed by atoms with Crippen LogP contribution in [-0.2, 0) is 11.8 Å². The number of carbonyl (C=O) groups excluding carboxylic acids is 1. The number of benzene rings is 1. The van der Waals surface area contributed by atoms with Crippen molar-refractivity contribution in [3.05, 3.63) is 41.1 Å². The normalized spacial score (nSPS) is 12.5. The van der Waals surface area contributed by atoms with Crippen LogP contribution in [0.1, 0.15) is 13.0 Å². The summed E-state index contributed by atoms with van der Waals surface area (Å²) in [6, 6.07) is 7.33. The number of halogens is 1. The Morgan fingerprint density at radius 1 is 1.38 bits per heavy atom. The quantitative estimate of drug-likeness (QED) is 0.792. The van der Waals surface area contributed by atoms with Gasteiger partial charge < -0.3 is 4.57 Å². The summed E-state index contributed by atoms with van der Waals surface area (Å²) >= 11 is 3.32. The molecule has 1 atom stereocenters. The number of nitrogens with zero attached hydrogens (tertiary/aromatic N) is 4. The second-order valence-corrected chi connectivity index (χ2v) is 5.70. The van der Waals surface area contributed by atoms with Gasteiger partial charge in [0, 0.05) is 13.2 Å². The van der Waals surface area contributed by atoms with Crippen molar-refractivity contribution in [3.63, 3.8) is 0 Å². The van der Waals surface area contributed by atoms with E-state index in [0.717, 1.165) is 15.5 Å². The summed E-state index contributed by atoms with van der Waals surface area (Å²) in [4.78, 5) is 16.7. The predicted molar refractivity (Wildman–Crippen MR) is 84.0 cm³/mol. The van der Waals surface area contributed by atoms with Gasteiger partial charge in [-0.05, 0) is 35.0 Å². The first-order valence-corrected chi connectivity index (χ1v) is 7.27. The van der Waals surface area contributed by atoms with Gasteiger partial charge in [0.25, 0.3) is 5.91 Å². The van der Waals surface area contributed by atoms with Crippen LogP contribution in [0.25, 0.3) is 11.0 Å². The molecule has 0 aliphatic heterocycles. The molecule has 0 aliphatic carbocycles. The molecule has 0 radical (unpaired) electrons. The molecule has 0 fully saturated rings. The molecule has 3 rings (SSSR count). The van der Waals surface area contributed by atoms with Crippen molar-refractivity contribution in [2.75, 3.05) is 5.32 Å². The van der Waals surface area contributed by atoms with E-state index in [2.05, 4.69) is 31.3 Å². The first-order chi connectivity index (χ1) is 10.1. The fourth-order valence-corrected chi connectivity index (χ4v) is 2.42. The van der Waals surface area contributed by atoms with Gasteiger partial charge in [0.15, 0.2) is 0 Å². The largest absolute Gasteiger partial charge is 0.313 e. The predicted octanol–water partition coefficient (Wildman–Crippen LogP) is 2.73. The van der Waals surface area contributed by atoms with E-state index in [1.54, 1.807) is 24.0 Å². The van der Waals surface area contributed by atoms with Crippen LogP contribution in [-0.4, -0.2) is 25.2 Å². The first kappa shape index (κ1) is 13.8. The van der Waals surface area contributed by atoms with Crippen LogP contribution in [0.4, 0.5) is 5.95 Å². The molecule has 1 N–H and O–H groups in total. The summed E-state index contributed by atoms with van der Waals surface area (Å²) < 4.78 is 4.30. The highest BCUT2D eigenvalue weighted by Crippen LogP contribution is 2.19. The molecule has 1 aromatic carbocycles. The van der Waals surface area contributed by atoms with Gasteiger partial charge >= 0.3 is 0 Å². The Bertz CT molecular complexity index is 807. The van der Waals surface area contributed by atoms with Gasteiger partial charge in [0.2, 0.25) is 5.95 Å². The number of hydrogen-bond acceptors (Lipinski definition) is 3. The lowest BCUT2D eigenvalue weighted by atomic mass is 10.3. The zero-order chi connectivity index (χ0) is 15.0. The maximum Gasteiger partial charge on any atom is 0.251 e. The maximum absolute atomic E-state index is 12.3. The molecule has 108 valence electrons. The molecule has 0 saturated carbocycles. The fraction of sp³-hybridized carbons (Fsp3) is 0.214. The van der Waals surface area contributed by atoms with Gasteiger partial charge in [-0.25, -0.2) is 4.98 Å². The second kappa shape index (κ2) is 5.33. The summed E-state index contributed by atoms with van der Waals surface area (Å²) in [5.74, 6) is 0.364. The van der Waals surface area contributed by atoms with Gasteiger partial charge in [-0.3, -0.25) is 14.8 Å². The number of rotatable bonds is 3. The third-order valence-corrected chi connectivity index (χ3v) is 3.78. The monoisotopic (exact) mass is 347 g/mol. The lowest BCUT2D eigenvalue weighted by molar-refractivity contribution is -0.119. The number of hydrogen-bond donors (Lipinski definition) is 1. The van der Waals surface area contributed by atoms with Gasteiger partial charge in [0.1, 0.15) is 6.04 Å². The van der Waals surface area contributed by atoms with E-state index >= 15 is 0 Å². The van der Waals surface area contributed by atoms with Crippen LogP contribution < -0.4 is 5.32 Å². The number of aromatic nitrogens is 4. The Balaban J connectivity index is 1.84. The van der Waals surface area contributed by atoms with Crippen LogP contribution in [0, 0.1) is 0 Å². The number of nitrogens with one attached hydrogen (secondary N) is 1. The molecule has 3 aromatic rings. The molecule has 2 aromatic heterocycles. The molecule has 1 amide bonds. The van der Waals surface area contributed by atoms with Crippen LogP contribution in [0.5, 0.6) is 0 Å². The third-order valence-electron chi connectivity index (χ3n) is 3.37.